The molecule has 0 unspecified atom stereocenters. The number of hydrogen-bond donors (Lipinski definition) is 1. The minimum atomic E-state index is -3.17. The van der Waals surface area contributed by atoms with E-state index in [-0.39, 0.29) is 0 Å². The molecule has 0 saturated heterocycles. The Labute approximate surface area is 77.3 Å². The van der Waals surface area contributed by atoms with Crippen molar-refractivity contribution in [1.82, 2.24) is 0 Å². The molecule has 5 heteroatoms. The molecule has 65 valence electrons. The van der Waals surface area contributed by atoms with Gasteiger partial charge in [0.25, 0.3) is 0 Å². The van der Waals surface area contributed by atoms with Crippen LogP contribution in [0.5, 0.6) is 0 Å². The minimum absolute atomic E-state index is 0.533. The van der Waals surface area contributed by atoms with Crippen molar-refractivity contribution in [3.63, 3.8) is 0 Å². The van der Waals surface area contributed by atoms with Gasteiger partial charge in [-0.2, -0.15) is 0 Å². The third-order valence-corrected chi connectivity index (χ3v) is 2.04. The van der Waals surface area contributed by atoms with Gasteiger partial charge in [-0.3, -0.25) is 4.72 Å². The van der Waals surface area contributed by atoms with Crippen LogP contribution in [-0.2, 0) is 10.0 Å². The Morgan fingerprint density at radius 1 is 1.25 bits per heavy atom. The van der Waals surface area contributed by atoms with E-state index in [1.165, 1.54) is 0 Å². The Morgan fingerprint density at radius 2 is 1.75 bits per heavy atom. The van der Waals surface area contributed by atoms with Crippen LogP contribution in [0.1, 0.15) is 0 Å². The molecule has 1 N–H and O–H groups in total. The standard InChI is InChI=1S/C7H8NO2S2/c1-12(9,10)8-6-2-4-7(11)5-3-6/h2-5,8H,1H3. The molecule has 0 aliphatic heterocycles. The number of hydrogen-bond acceptors (Lipinski definition) is 2. The quantitative estimate of drug-likeness (QED) is 0.792. The molecule has 0 bridgehead atoms. The smallest absolute Gasteiger partial charge is 0.229 e. The molecule has 0 atom stereocenters. The van der Waals surface area contributed by atoms with Crippen molar-refractivity contribution < 1.29 is 8.42 Å². The van der Waals surface area contributed by atoms with Gasteiger partial charge in [-0.25, -0.2) is 8.42 Å². The monoisotopic (exact) mass is 202 g/mol. The van der Waals surface area contributed by atoms with Gasteiger partial charge in [0.1, 0.15) is 0 Å². The van der Waals surface area contributed by atoms with E-state index in [1.54, 1.807) is 24.3 Å². The molecule has 1 aromatic carbocycles. The van der Waals surface area contributed by atoms with Crippen LogP contribution in [-0.4, -0.2) is 14.7 Å². The maximum atomic E-state index is 10.7. The van der Waals surface area contributed by atoms with Gasteiger partial charge in [0.2, 0.25) is 10.0 Å². The molecule has 0 heterocycles. The number of anilines is 1. The van der Waals surface area contributed by atoms with E-state index in [0.29, 0.717) is 10.6 Å². The highest BCUT2D eigenvalue weighted by atomic mass is 32.2. The van der Waals surface area contributed by atoms with E-state index in [9.17, 15) is 8.42 Å². The third kappa shape index (κ3) is 3.06. The number of nitrogens with one attached hydrogen (secondary N) is 1. The fourth-order valence-electron chi connectivity index (χ4n) is 0.737. The summed E-state index contributed by atoms with van der Waals surface area (Å²) in [5.74, 6) is 0. The Morgan fingerprint density at radius 3 is 2.17 bits per heavy atom. The summed E-state index contributed by atoms with van der Waals surface area (Å²) in [5.41, 5.74) is 0.533. The lowest BCUT2D eigenvalue weighted by Crippen LogP contribution is -2.09. The molecular weight excluding hydrogens is 194 g/mol. The van der Waals surface area contributed by atoms with Gasteiger partial charge in [-0.1, -0.05) is 12.6 Å². The van der Waals surface area contributed by atoms with E-state index >= 15 is 0 Å². The Bertz CT molecular complexity index is 355. The maximum Gasteiger partial charge on any atom is 0.229 e. The zero-order valence-corrected chi connectivity index (χ0v) is 8.08. The maximum absolute atomic E-state index is 10.7. The summed E-state index contributed by atoms with van der Waals surface area (Å²) < 4.78 is 23.8. The Kier molecular flexibility index (Phi) is 2.54. The first-order valence-corrected chi connectivity index (χ1v) is 5.52. The molecule has 0 aromatic heterocycles. The fourth-order valence-corrected chi connectivity index (χ4v) is 1.44. The first-order valence-electron chi connectivity index (χ1n) is 3.22. The van der Waals surface area contributed by atoms with Crippen LogP contribution in [0.25, 0.3) is 0 Å². The topological polar surface area (TPSA) is 46.2 Å². The summed E-state index contributed by atoms with van der Waals surface area (Å²) in [6.45, 7) is 0. The van der Waals surface area contributed by atoms with E-state index in [1.807, 2.05) is 0 Å². The van der Waals surface area contributed by atoms with Gasteiger partial charge in [0, 0.05) is 10.6 Å². The normalized spacial score (nSPS) is 11.1. The van der Waals surface area contributed by atoms with Gasteiger partial charge >= 0.3 is 0 Å². The summed E-state index contributed by atoms with van der Waals surface area (Å²) in [5, 5.41) is 0. The zero-order valence-electron chi connectivity index (χ0n) is 6.44. The van der Waals surface area contributed by atoms with Crippen LogP contribution in [0.4, 0.5) is 5.69 Å². The van der Waals surface area contributed by atoms with Crippen molar-refractivity contribution in [2.75, 3.05) is 11.0 Å². The molecule has 0 aliphatic rings. The van der Waals surface area contributed by atoms with E-state index in [2.05, 4.69) is 4.72 Å². The molecular formula is C7H8NO2S2. The number of benzene rings is 1. The van der Waals surface area contributed by atoms with Gasteiger partial charge < -0.3 is 0 Å². The highest BCUT2D eigenvalue weighted by Gasteiger charge is 1.99. The van der Waals surface area contributed by atoms with E-state index in [4.69, 9.17) is 12.6 Å². The number of sulfonamides is 1. The third-order valence-electron chi connectivity index (χ3n) is 1.16. The molecule has 0 spiro atoms. The summed E-state index contributed by atoms with van der Waals surface area (Å²) in [6.07, 6.45) is 1.11. The molecule has 3 nitrogen and oxygen atoms in total. The average Bonchev–Trinajstić information content (AvgIpc) is 1.91. The molecule has 1 rings (SSSR count). The van der Waals surface area contributed by atoms with Crippen molar-refractivity contribution in [1.29, 1.82) is 0 Å². The largest absolute Gasteiger partial charge is 0.284 e. The van der Waals surface area contributed by atoms with E-state index < -0.39 is 10.0 Å². The second-order valence-electron chi connectivity index (χ2n) is 2.40. The van der Waals surface area contributed by atoms with Crippen molar-refractivity contribution in [3.05, 3.63) is 24.3 Å². The van der Waals surface area contributed by atoms with Crippen LogP contribution in [0.3, 0.4) is 0 Å². The molecule has 12 heavy (non-hydrogen) atoms. The number of rotatable bonds is 2. The first-order chi connectivity index (χ1) is 5.47. The van der Waals surface area contributed by atoms with Gasteiger partial charge in [-0.15, -0.1) is 0 Å². The first kappa shape index (κ1) is 9.28. The molecule has 1 aromatic rings. The minimum Gasteiger partial charge on any atom is -0.284 e. The summed E-state index contributed by atoms with van der Waals surface area (Å²) in [6, 6.07) is 6.60. The lowest BCUT2D eigenvalue weighted by Gasteiger charge is -2.02. The average molecular weight is 202 g/mol. The summed E-state index contributed by atoms with van der Waals surface area (Å²) in [7, 11) is -3.17. The zero-order chi connectivity index (χ0) is 9.19. The summed E-state index contributed by atoms with van der Waals surface area (Å²) in [4.78, 5) is 0.689. The predicted octanol–water partition coefficient (Wildman–Crippen LogP) is 1.61. The van der Waals surface area contributed by atoms with Crippen LogP contribution in [0, 0.1) is 0 Å². The highest BCUT2D eigenvalue weighted by Crippen LogP contribution is 2.12. The van der Waals surface area contributed by atoms with Crippen molar-refractivity contribution in [2.24, 2.45) is 0 Å². The van der Waals surface area contributed by atoms with Crippen molar-refractivity contribution in [2.45, 2.75) is 4.90 Å². The summed E-state index contributed by atoms with van der Waals surface area (Å²) >= 11 is 4.84. The molecule has 0 aliphatic carbocycles. The molecule has 1 radical (unpaired) electrons. The Hall–Kier alpha value is -0.810. The van der Waals surface area contributed by atoms with Gasteiger partial charge in [-0.05, 0) is 24.3 Å². The van der Waals surface area contributed by atoms with Crippen LogP contribution >= 0.6 is 12.6 Å². The van der Waals surface area contributed by atoms with Crippen LogP contribution < -0.4 is 4.72 Å². The van der Waals surface area contributed by atoms with Gasteiger partial charge in [0.15, 0.2) is 0 Å². The van der Waals surface area contributed by atoms with Crippen LogP contribution in [0.2, 0.25) is 0 Å². The van der Waals surface area contributed by atoms with E-state index in [0.717, 1.165) is 6.26 Å². The SMILES string of the molecule is CS(=O)(=O)Nc1ccc([S])cc1. The lowest BCUT2D eigenvalue weighted by atomic mass is 10.3. The fraction of sp³-hybridized carbons (Fsp3) is 0.143. The van der Waals surface area contributed by atoms with Crippen molar-refractivity contribution >= 4 is 28.3 Å². The molecule has 0 fully saturated rings. The second-order valence-corrected chi connectivity index (χ2v) is 4.62. The van der Waals surface area contributed by atoms with Gasteiger partial charge in [0.05, 0.1) is 6.26 Å². The predicted molar refractivity (Wildman–Crippen MR) is 50.8 cm³/mol. The molecule has 0 amide bonds. The second kappa shape index (κ2) is 3.28. The molecule has 0 saturated carbocycles. The van der Waals surface area contributed by atoms with Crippen LogP contribution in [0.15, 0.2) is 29.2 Å². The van der Waals surface area contributed by atoms with Crippen molar-refractivity contribution in [3.8, 4) is 0 Å². The highest BCUT2D eigenvalue weighted by molar-refractivity contribution is 7.92. The lowest BCUT2D eigenvalue weighted by molar-refractivity contribution is 0.607. The Balaban J connectivity index is 2.85.